The molecule has 30 heavy (non-hydrogen) atoms. The fourth-order valence-corrected chi connectivity index (χ4v) is 3.68. The number of halogens is 2. The first-order valence-electron chi connectivity index (χ1n) is 9.86. The standard InChI is InChI=1S/C21H23F2N3O4/c1-13(2)25-6-3-14(4-7-25)20-17(22)9-15(10-18(20)23)26-11-16(30-21(26)27)12-28-19-5-8-29-24-19/h3,5,8-10,13,16H,4,6-7,11-12H2,1-2H3. The number of ether oxygens (including phenoxy) is 2. The van der Waals surface area contributed by atoms with Crippen LogP contribution in [0.25, 0.3) is 5.57 Å². The average Bonchev–Trinajstić information content (AvgIpc) is 3.35. The summed E-state index contributed by atoms with van der Waals surface area (Å²) in [5.41, 5.74) is 0.736. The van der Waals surface area contributed by atoms with E-state index >= 15 is 0 Å². The summed E-state index contributed by atoms with van der Waals surface area (Å²) >= 11 is 0. The van der Waals surface area contributed by atoms with E-state index in [0.29, 0.717) is 24.6 Å². The molecule has 0 bridgehead atoms. The number of carbonyl (C=O) groups is 1. The summed E-state index contributed by atoms with van der Waals surface area (Å²) in [6, 6.07) is 4.26. The van der Waals surface area contributed by atoms with Gasteiger partial charge in [-0.15, -0.1) is 0 Å². The second-order valence-electron chi connectivity index (χ2n) is 7.62. The molecule has 0 aliphatic carbocycles. The van der Waals surface area contributed by atoms with Crippen LogP contribution in [0.1, 0.15) is 25.8 Å². The predicted molar refractivity (Wildman–Crippen MR) is 105 cm³/mol. The van der Waals surface area contributed by atoms with Gasteiger partial charge in [0.1, 0.15) is 24.5 Å². The molecule has 1 atom stereocenters. The van der Waals surface area contributed by atoms with Crippen molar-refractivity contribution in [2.24, 2.45) is 0 Å². The third kappa shape index (κ3) is 4.16. The number of cyclic esters (lactones) is 1. The normalized spacial score (nSPS) is 19.9. The Morgan fingerprint density at radius 2 is 2.07 bits per heavy atom. The third-order valence-electron chi connectivity index (χ3n) is 5.34. The van der Waals surface area contributed by atoms with Crippen LogP contribution in [0.4, 0.5) is 19.3 Å². The van der Waals surface area contributed by atoms with Crippen molar-refractivity contribution in [1.82, 2.24) is 10.1 Å². The number of carbonyl (C=O) groups excluding carboxylic acids is 1. The van der Waals surface area contributed by atoms with E-state index in [1.165, 1.54) is 29.4 Å². The molecule has 2 aromatic rings. The molecule has 1 saturated heterocycles. The Kier molecular flexibility index (Phi) is 5.72. The zero-order chi connectivity index (χ0) is 21.3. The highest BCUT2D eigenvalue weighted by Gasteiger charge is 2.34. The summed E-state index contributed by atoms with van der Waals surface area (Å²) in [6.45, 7) is 5.74. The summed E-state index contributed by atoms with van der Waals surface area (Å²) in [6.07, 6.45) is 2.52. The molecule has 1 amide bonds. The number of aromatic nitrogens is 1. The Morgan fingerprint density at radius 1 is 1.30 bits per heavy atom. The maximum Gasteiger partial charge on any atom is 0.414 e. The molecule has 160 valence electrons. The molecule has 1 fully saturated rings. The summed E-state index contributed by atoms with van der Waals surface area (Å²) in [4.78, 5) is 15.6. The zero-order valence-electron chi connectivity index (χ0n) is 16.8. The zero-order valence-corrected chi connectivity index (χ0v) is 16.8. The Bertz CT molecular complexity index is 923. The molecule has 3 heterocycles. The maximum absolute atomic E-state index is 14.8. The molecule has 1 unspecified atom stereocenters. The Balaban J connectivity index is 1.47. The predicted octanol–water partition coefficient (Wildman–Crippen LogP) is 3.85. The van der Waals surface area contributed by atoms with Crippen LogP contribution in [0.3, 0.4) is 0 Å². The van der Waals surface area contributed by atoms with Crippen LogP contribution in [0.5, 0.6) is 5.88 Å². The molecule has 2 aliphatic heterocycles. The van der Waals surface area contributed by atoms with Crippen LogP contribution in [0, 0.1) is 11.6 Å². The van der Waals surface area contributed by atoms with Gasteiger partial charge in [-0.1, -0.05) is 6.08 Å². The fraction of sp³-hybridized carbons (Fsp3) is 0.429. The lowest BCUT2D eigenvalue weighted by atomic mass is 9.97. The first-order chi connectivity index (χ1) is 14.4. The van der Waals surface area contributed by atoms with Crippen molar-refractivity contribution in [2.45, 2.75) is 32.4 Å². The van der Waals surface area contributed by atoms with E-state index in [2.05, 4.69) is 28.4 Å². The van der Waals surface area contributed by atoms with E-state index in [1.807, 2.05) is 6.08 Å². The lowest BCUT2D eigenvalue weighted by Gasteiger charge is -2.30. The van der Waals surface area contributed by atoms with Crippen LogP contribution in [-0.2, 0) is 4.74 Å². The minimum absolute atomic E-state index is 0.0272. The molecule has 0 radical (unpaired) electrons. The van der Waals surface area contributed by atoms with E-state index < -0.39 is 23.8 Å². The Labute approximate surface area is 172 Å². The van der Waals surface area contributed by atoms with Crippen molar-refractivity contribution in [3.63, 3.8) is 0 Å². The van der Waals surface area contributed by atoms with Gasteiger partial charge in [0.05, 0.1) is 12.2 Å². The third-order valence-corrected chi connectivity index (χ3v) is 5.34. The second kappa shape index (κ2) is 8.43. The van der Waals surface area contributed by atoms with E-state index in [4.69, 9.17) is 9.47 Å². The molecule has 0 N–H and O–H groups in total. The number of anilines is 1. The van der Waals surface area contributed by atoms with E-state index in [1.54, 1.807) is 0 Å². The van der Waals surface area contributed by atoms with Gasteiger partial charge in [0.15, 0.2) is 6.10 Å². The van der Waals surface area contributed by atoms with Gasteiger partial charge in [-0.2, -0.15) is 0 Å². The first-order valence-corrected chi connectivity index (χ1v) is 9.86. The van der Waals surface area contributed by atoms with Crippen molar-refractivity contribution in [1.29, 1.82) is 0 Å². The molecule has 0 saturated carbocycles. The lowest BCUT2D eigenvalue weighted by Crippen LogP contribution is -2.34. The van der Waals surface area contributed by atoms with Crippen molar-refractivity contribution < 1.29 is 27.6 Å². The van der Waals surface area contributed by atoms with Crippen molar-refractivity contribution in [3.8, 4) is 5.88 Å². The minimum Gasteiger partial charge on any atom is -0.471 e. The van der Waals surface area contributed by atoms with Crippen LogP contribution in [0.15, 0.2) is 35.1 Å². The monoisotopic (exact) mass is 419 g/mol. The first kappa shape index (κ1) is 20.3. The summed E-state index contributed by atoms with van der Waals surface area (Å²) in [5, 5.41) is 3.61. The Hall–Kier alpha value is -2.94. The van der Waals surface area contributed by atoms with Crippen LogP contribution in [-0.4, -0.2) is 54.5 Å². The van der Waals surface area contributed by atoms with Gasteiger partial charge < -0.3 is 14.0 Å². The van der Waals surface area contributed by atoms with Crippen molar-refractivity contribution >= 4 is 17.4 Å². The summed E-state index contributed by atoms with van der Waals surface area (Å²) < 4.78 is 44.9. The van der Waals surface area contributed by atoms with Gasteiger partial charge in [-0.3, -0.25) is 9.80 Å². The number of benzene rings is 1. The van der Waals surface area contributed by atoms with E-state index in [9.17, 15) is 13.6 Å². The second-order valence-corrected chi connectivity index (χ2v) is 7.62. The molecule has 2 aliphatic rings. The Morgan fingerprint density at radius 3 is 2.67 bits per heavy atom. The molecule has 7 nitrogen and oxygen atoms in total. The largest absolute Gasteiger partial charge is 0.471 e. The van der Waals surface area contributed by atoms with Crippen molar-refractivity contribution in [3.05, 3.63) is 47.7 Å². The fourth-order valence-electron chi connectivity index (χ4n) is 3.68. The number of amides is 1. The quantitative estimate of drug-likeness (QED) is 0.709. The van der Waals surface area contributed by atoms with Gasteiger partial charge in [0, 0.05) is 30.8 Å². The molecule has 4 rings (SSSR count). The lowest BCUT2D eigenvalue weighted by molar-refractivity contribution is 0.102. The highest BCUT2D eigenvalue weighted by molar-refractivity contribution is 5.90. The number of rotatable bonds is 6. The van der Waals surface area contributed by atoms with Crippen molar-refractivity contribution in [2.75, 3.05) is 31.1 Å². The number of nitrogens with zero attached hydrogens (tertiary/aromatic N) is 3. The average molecular weight is 419 g/mol. The maximum atomic E-state index is 14.8. The highest BCUT2D eigenvalue weighted by atomic mass is 19.1. The smallest absolute Gasteiger partial charge is 0.414 e. The molecule has 9 heteroatoms. The molecule has 1 aromatic carbocycles. The molecular weight excluding hydrogens is 396 g/mol. The molecule has 0 spiro atoms. The number of hydrogen-bond acceptors (Lipinski definition) is 6. The van der Waals surface area contributed by atoms with Crippen LogP contribution < -0.4 is 9.64 Å². The van der Waals surface area contributed by atoms with Gasteiger partial charge in [0.25, 0.3) is 5.88 Å². The molecule has 1 aromatic heterocycles. The van der Waals surface area contributed by atoms with E-state index in [0.717, 1.165) is 6.54 Å². The SMILES string of the molecule is CC(C)N1CC=C(c2c(F)cc(N3CC(COc4ccon4)OC3=O)cc2F)CC1. The van der Waals surface area contributed by atoms with Crippen LogP contribution in [0.2, 0.25) is 0 Å². The van der Waals surface area contributed by atoms with Gasteiger partial charge in [-0.25, -0.2) is 13.6 Å². The van der Waals surface area contributed by atoms with E-state index in [-0.39, 0.29) is 30.3 Å². The highest BCUT2D eigenvalue weighted by Crippen LogP contribution is 2.32. The van der Waals surface area contributed by atoms with Gasteiger partial charge >= 0.3 is 6.09 Å². The topological polar surface area (TPSA) is 68.0 Å². The van der Waals surface area contributed by atoms with Crippen LogP contribution >= 0.6 is 0 Å². The summed E-state index contributed by atoms with van der Waals surface area (Å²) in [5.74, 6) is -1.11. The number of hydrogen-bond donors (Lipinski definition) is 0. The molecular formula is C21H23F2N3O4. The van der Waals surface area contributed by atoms with Gasteiger partial charge in [-0.05, 0) is 43.1 Å². The minimum atomic E-state index is -0.690. The summed E-state index contributed by atoms with van der Waals surface area (Å²) in [7, 11) is 0. The van der Waals surface area contributed by atoms with Gasteiger partial charge in [0.2, 0.25) is 0 Å².